The van der Waals surface area contributed by atoms with E-state index in [-0.39, 0.29) is 28.6 Å². The van der Waals surface area contributed by atoms with E-state index in [2.05, 4.69) is 20.6 Å². The molecule has 2 amide bonds. The number of benzene rings is 1. The molecule has 0 bridgehead atoms. The molecule has 0 aliphatic carbocycles. The van der Waals surface area contributed by atoms with Gasteiger partial charge in [-0.1, -0.05) is 32.9 Å². The van der Waals surface area contributed by atoms with Crippen LogP contribution < -0.4 is 15.5 Å². The Morgan fingerprint density at radius 3 is 2.31 bits per heavy atom. The molecule has 3 N–H and O–H groups in total. The minimum Gasteiger partial charge on any atom is -0.378 e. The second-order valence-electron chi connectivity index (χ2n) is 7.61. The lowest BCUT2D eigenvalue weighted by Crippen LogP contribution is -2.34. The fourth-order valence-electron chi connectivity index (χ4n) is 2.25. The van der Waals surface area contributed by atoms with Gasteiger partial charge in [0.1, 0.15) is 5.69 Å². The molecule has 0 radical (unpaired) electrons. The Bertz CT molecular complexity index is 757. The Morgan fingerprint density at radius 1 is 1.08 bits per heavy atom. The molecular weight excluding hydrogens is 330 g/mol. The number of hydrogen-bond acceptors (Lipinski definition) is 4. The molecule has 0 unspecified atom stereocenters. The van der Waals surface area contributed by atoms with Crippen LogP contribution in [0.25, 0.3) is 0 Å². The van der Waals surface area contributed by atoms with Crippen LogP contribution in [0.1, 0.15) is 47.3 Å². The van der Waals surface area contributed by atoms with Crippen LogP contribution in [0.2, 0.25) is 0 Å². The molecule has 0 atom stereocenters. The summed E-state index contributed by atoms with van der Waals surface area (Å²) in [6, 6.07) is 7.89. The van der Waals surface area contributed by atoms with Gasteiger partial charge in [0.2, 0.25) is 0 Å². The van der Waals surface area contributed by atoms with Crippen molar-refractivity contribution < 1.29 is 9.59 Å². The minimum absolute atomic E-state index is 0.0485. The van der Waals surface area contributed by atoms with Crippen LogP contribution >= 0.6 is 0 Å². The maximum atomic E-state index is 12.4. The summed E-state index contributed by atoms with van der Waals surface area (Å²) in [7, 11) is 3.95. The van der Waals surface area contributed by atoms with Gasteiger partial charge >= 0.3 is 0 Å². The van der Waals surface area contributed by atoms with Crippen LogP contribution in [-0.2, 0) is 6.54 Å². The highest BCUT2D eigenvalue weighted by Gasteiger charge is 2.21. The summed E-state index contributed by atoms with van der Waals surface area (Å²) in [6.07, 6.45) is 1.35. The number of aromatic amines is 1. The molecule has 2 aromatic rings. The molecule has 0 aliphatic rings. The van der Waals surface area contributed by atoms with E-state index in [1.165, 1.54) is 6.33 Å². The normalized spacial score (nSPS) is 11.1. The van der Waals surface area contributed by atoms with Gasteiger partial charge < -0.3 is 20.5 Å². The molecule has 7 heteroatoms. The van der Waals surface area contributed by atoms with Gasteiger partial charge in [0.15, 0.2) is 5.69 Å². The second-order valence-corrected chi connectivity index (χ2v) is 7.61. The summed E-state index contributed by atoms with van der Waals surface area (Å²) in [5.74, 6) is -0.721. The van der Waals surface area contributed by atoms with E-state index in [0.29, 0.717) is 13.1 Å². The highest BCUT2D eigenvalue weighted by Crippen LogP contribution is 2.13. The van der Waals surface area contributed by atoms with E-state index in [1.54, 1.807) is 0 Å². The van der Waals surface area contributed by atoms with Gasteiger partial charge in [-0.2, -0.15) is 0 Å². The van der Waals surface area contributed by atoms with Crippen molar-refractivity contribution in [3.05, 3.63) is 47.5 Å². The molecule has 2 rings (SSSR count). The van der Waals surface area contributed by atoms with Crippen molar-refractivity contribution in [2.24, 2.45) is 5.41 Å². The largest absolute Gasteiger partial charge is 0.378 e. The number of nitrogens with zero attached hydrogens (tertiary/aromatic N) is 2. The summed E-state index contributed by atoms with van der Waals surface area (Å²) in [6.45, 7) is 6.93. The van der Waals surface area contributed by atoms with Crippen LogP contribution in [-0.4, -0.2) is 42.4 Å². The molecule has 1 aromatic carbocycles. The number of carbonyl (C=O) groups excluding carboxylic acids is 2. The van der Waals surface area contributed by atoms with Crippen molar-refractivity contribution in [3.63, 3.8) is 0 Å². The Kier molecular flexibility index (Phi) is 6.02. The number of anilines is 1. The third kappa shape index (κ3) is 5.34. The summed E-state index contributed by atoms with van der Waals surface area (Å²) in [4.78, 5) is 33.4. The van der Waals surface area contributed by atoms with Gasteiger partial charge in [0.05, 0.1) is 6.33 Å². The van der Waals surface area contributed by atoms with Gasteiger partial charge in [-0.05, 0) is 23.1 Å². The Balaban J connectivity index is 1.98. The van der Waals surface area contributed by atoms with Crippen LogP contribution in [0.5, 0.6) is 0 Å². The maximum absolute atomic E-state index is 12.4. The number of carbonyl (C=O) groups is 2. The van der Waals surface area contributed by atoms with E-state index >= 15 is 0 Å². The number of rotatable bonds is 6. The van der Waals surface area contributed by atoms with Crippen molar-refractivity contribution in [2.75, 3.05) is 25.5 Å². The molecular formula is C19H27N5O2. The van der Waals surface area contributed by atoms with Crippen molar-refractivity contribution in [3.8, 4) is 0 Å². The molecule has 0 saturated heterocycles. The molecule has 0 saturated carbocycles. The van der Waals surface area contributed by atoms with E-state index in [0.717, 1.165) is 11.3 Å². The van der Waals surface area contributed by atoms with Crippen molar-refractivity contribution >= 4 is 17.5 Å². The van der Waals surface area contributed by atoms with Gasteiger partial charge in [0.25, 0.3) is 11.8 Å². The Morgan fingerprint density at radius 2 is 1.73 bits per heavy atom. The topological polar surface area (TPSA) is 90.1 Å². The molecule has 1 heterocycles. The summed E-state index contributed by atoms with van der Waals surface area (Å²) >= 11 is 0. The van der Waals surface area contributed by atoms with Gasteiger partial charge in [-0.15, -0.1) is 0 Å². The quantitative estimate of drug-likeness (QED) is 0.739. The zero-order valence-corrected chi connectivity index (χ0v) is 16.0. The Labute approximate surface area is 154 Å². The van der Waals surface area contributed by atoms with Crippen molar-refractivity contribution in [1.29, 1.82) is 0 Å². The molecule has 7 nitrogen and oxygen atoms in total. The molecule has 0 spiro atoms. The average Bonchev–Trinajstić information content (AvgIpc) is 3.07. The maximum Gasteiger partial charge on any atom is 0.272 e. The molecule has 0 aliphatic heterocycles. The first-order chi connectivity index (χ1) is 12.2. The number of imidazole rings is 1. The predicted molar refractivity (Wildman–Crippen MR) is 102 cm³/mol. The third-order valence-corrected chi connectivity index (χ3v) is 3.77. The van der Waals surface area contributed by atoms with Crippen LogP contribution in [0, 0.1) is 5.41 Å². The van der Waals surface area contributed by atoms with Gasteiger partial charge in [-0.25, -0.2) is 4.98 Å². The highest BCUT2D eigenvalue weighted by molar-refractivity contribution is 6.04. The highest BCUT2D eigenvalue weighted by atomic mass is 16.2. The lowest BCUT2D eigenvalue weighted by molar-refractivity contribution is 0.0905. The van der Waals surface area contributed by atoms with E-state index < -0.39 is 0 Å². The monoisotopic (exact) mass is 357 g/mol. The number of hydrogen-bond donors (Lipinski definition) is 3. The smallest absolute Gasteiger partial charge is 0.272 e. The lowest BCUT2D eigenvalue weighted by atomic mass is 9.97. The third-order valence-electron chi connectivity index (χ3n) is 3.77. The van der Waals surface area contributed by atoms with Gasteiger partial charge in [0, 0.05) is 32.9 Å². The minimum atomic E-state index is -0.361. The SMILES string of the molecule is CN(C)c1ccc(CNC(=O)c2[nH]cnc2C(=O)NCC(C)(C)C)cc1. The first kappa shape index (κ1) is 19.5. The van der Waals surface area contributed by atoms with Crippen LogP contribution in [0.4, 0.5) is 5.69 Å². The van der Waals surface area contributed by atoms with Crippen molar-refractivity contribution in [1.82, 2.24) is 20.6 Å². The Hall–Kier alpha value is -2.83. The molecule has 140 valence electrons. The van der Waals surface area contributed by atoms with E-state index in [1.807, 2.05) is 64.0 Å². The first-order valence-electron chi connectivity index (χ1n) is 8.53. The predicted octanol–water partition coefficient (Wildman–Crippen LogP) is 2.18. The average molecular weight is 357 g/mol. The zero-order valence-electron chi connectivity index (χ0n) is 16.0. The summed E-state index contributed by atoms with van der Waals surface area (Å²) in [5, 5.41) is 5.62. The van der Waals surface area contributed by atoms with E-state index in [9.17, 15) is 9.59 Å². The van der Waals surface area contributed by atoms with Crippen LogP contribution in [0.3, 0.4) is 0 Å². The standard InChI is InChI=1S/C19H27N5O2/c1-19(2,3)11-21-18(26)16-15(22-12-23-16)17(25)20-10-13-6-8-14(9-7-13)24(4)5/h6-9,12H,10-11H2,1-5H3,(H,20,25)(H,21,26)(H,22,23). The summed E-state index contributed by atoms with van der Waals surface area (Å²) < 4.78 is 0. The fourth-order valence-corrected chi connectivity index (χ4v) is 2.25. The number of amides is 2. The molecule has 26 heavy (non-hydrogen) atoms. The van der Waals surface area contributed by atoms with E-state index in [4.69, 9.17) is 0 Å². The van der Waals surface area contributed by atoms with Gasteiger partial charge in [-0.3, -0.25) is 9.59 Å². The first-order valence-corrected chi connectivity index (χ1v) is 8.53. The second kappa shape index (κ2) is 8.03. The summed E-state index contributed by atoms with van der Waals surface area (Å²) in [5.41, 5.74) is 2.29. The molecule has 1 aromatic heterocycles. The number of H-pyrrole nitrogens is 1. The van der Waals surface area contributed by atoms with Crippen molar-refractivity contribution in [2.45, 2.75) is 27.3 Å². The lowest BCUT2D eigenvalue weighted by Gasteiger charge is -2.18. The van der Waals surface area contributed by atoms with Crippen LogP contribution in [0.15, 0.2) is 30.6 Å². The number of nitrogens with one attached hydrogen (secondary N) is 3. The zero-order chi connectivity index (χ0) is 19.3. The molecule has 0 fully saturated rings. The number of aromatic nitrogens is 2. The fraction of sp³-hybridized carbons (Fsp3) is 0.421.